The van der Waals surface area contributed by atoms with Crippen molar-refractivity contribution in [1.29, 1.82) is 0 Å². The first-order valence-corrected chi connectivity index (χ1v) is 20.5. The van der Waals surface area contributed by atoms with Gasteiger partial charge < -0.3 is 9.32 Å². The number of furan rings is 1. The van der Waals surface area contributed by atoms with Gasteiger partial charge in [0, 0.05) is 27.7 Å². The highest BCUT2D eigenvalue weighted by Gasteiger charge is 2.21. The Morgan fingerprint density at radius 1 is 0.267 bits per heavy atom. The molecule has 0 saturated heterocycles. The Morgan fingerprint density at radius 3 is 1.52 bits per heavy atom. The molecule has 0 unspecified atom stereocenters. The van der Waals surface area contributed by atoms with Crippen molar-refractivity contribution in [3.63, 3.8) is 0 Å². The van der Waals surface area contributed by atoms with Gasteiger partial charge in [-0.3, -0.25) is 0 Å². The second-order valence-corrected chi connectivity index (χ2v) is 15.3. The summed E-state index contributed by atoms with van der Waals surface area (Å²) in [5.41, 5.74) is 16.8. The summed E-state index contributed by atoms with van der Waals surface area (Å²) >= 11 is 0. The third-order valence-corrected chi connectivity index (χ3v) is 11.7. The van der Waals surface area contributed by atoms with Gasteiger partial charge in [0.05, 0.1) is 5.69 Å². The lowest BCUT2D eigenvalue weighted by molar-refractivity contribution is 0.669. The van der Waals surface area contributed by atoms with E-state index in [1.165, 1.54) is 55.3 Å². The quantitative estimate of drug-likeness (QED) is 0.153. The molecule has 2 nitrogen and oxygen atoms in total. The zero-order valence-electron chi connectivity index (χ0n) is 32.9. The third kappa shape index (κ3) is 6.41. The molecule has 11 rings (SSSR count). The van der Waals surface area contributed by atoms with Crippen LogP contribution in [0, 0.1) is 0 Å². The van der Waals surface area contributed by atoms with Crippen LogP contribution in [0.15, 0.2) is 241 Å². The van der Waals surface area contributed by atoms with E-state index in [9.17, 15) is 0 Å². The van der Waals surface area contributed by atoms with Crippen molar-refractivity contribution in [2.45, 2.75) is 0 Å². The van der Waals surface area contributed by atoms with Crippen molar-refractivity contribution in [3.8, 4) is 55.6 Å². The number of anilines is 3. The van der Waals surface area contributed by atoms with Crippen LogP contribution in [0.1, 0.15) is 0 Å². The molecule has 10 aromatic carbocycles. The molecule has 0 spiro atoms. The van der Waals surface area contributed by atoms with E-state index in [0.29, 0.717) is 0 Å². The smallest absolute Gasteiger partial charge is 0.135 e. The molecule has 1 aromatic heterocycles. The lowest BCUT2D eigenvalue weighted by Crippen LogP contribution is -2.11. The Bertz CT molecular complexity index is 3310. The summed E-state index contributed by atoms with van der Waals surface area (Å²) in [5, 5.41) is 4.70. The molecule has 0 bridgehead atoms. The highest BCUT2D eigenvalue weighted by atomic mass is 16.3. The van der Waals surface area contributed by atoms with E-state index >= 15 is 0 Å². The molecule has 0 aliphatic rings. The van der Waals surface area contributed by atoms with Crippen molar-refractivity contribution < 1.29 is 4.42 Å². The standard InChI is InChI=1S/C58H39NO/c1-2-15-44(16-3-1)49-18-6-7-19-50(49)51-20-8-9-21-52(51)53-22-10-12-24-56(53)59(48-36-37-58-55(39-48)54-23-11-13-25-57(54)60-58)47-34-32-42(33-35-47)41-26-28-43(29-27-41)46-31-30-40-14-4-5-17-45(40)38-46/h1-39H. The molecule has 2 heteroatoms. The number of para-hydroxylation sites is 2. The van der Waals surface area contributed by atoms with Crippen LogP contribution in [0.4, 0.5) is 17.1 Å². The Morgan fingerprint density at radius 2 is 0.767 bits per heavy atom. The van der Waals surface area contributed by atoms with Crippen molar-refractivity contribution in [2.75, 3.05) is 4.90 Å². The number of hydrogen-bond acceptors (Lipinski definition) is 2. The minimum atomic E-state index is 0.874. The second kappa shape index (κ2) is 15.1. The molecule has 1 heterocycles. The Kier molecular flexibility index (Phi) is 8.87. The first kappa shape index (κ1) is 35.2. The fraction of sp³-hybridized carbons (Fsp3) is 0. The Balaban J connectivity index is 1.03. The molecule has 11 aromatic rings. The Hall–Kier alpha value is -7.94. The van der Waals surface area contributed by atoms with Gasteiger partial charge in [0.25, 0.3) is 0 Å². The van der Waals surface area contributed by atoms with Crippen molar-refractivity contribution in [2.24, 2.45) is 0 Å². The third-order valence-electron chi connectivity index (χ3n) is 11.7. The van der Waals surface area contributed by atoms with Gasteiger partial charge in [-0.05, 0) is 109 Å². The topological polar surface area (TPSA) is 16.4 Å². The maximum atomic E-state index is 6.31. The zero-order chi connectivity index (χ0) is 39.8. The van der Waals surface area contributed by atoms with Crippen LogP contribution in [0.5, 0.6) is 0 Å². The largest absolute Gasteiger partial charge is 0.456 e. The first-order valence-electron chi connectivity index (χ1n) is 20.5. The van der Waals surface area contributed by atoms with Gasteiger partial charge in [-0.1, -0.05) is 188 Å². The van der Waals surface area contributed by atoms with Crippen LogP contribution in [-0.2, 0) is 0 Å². The van der Waals surface area contributed by atoms with E-state index in [4.69, 9.17) is 4.42 Å². The van der Waals surface area contributed by atoms with Crippen LogP contribution >= 0.6 is 0 Å². The molecule has 282 valence electrons. The summed E-state index contributed by atoms with van der Waals surface area (Å²) < 4.78 is 6.31. The lowest BCUT2D eigenvalue weighted by atomic mass is 9.88. The van der Waals surface area contributed by atoms with Crippen LogP contribution in [0.2, 0.25) is 0 Å². The van der Waals surface area contributed by atoms with Gasteiger partial charge in [-0.2, -0.15) is 0 Å². The van der Waals surface area contributed by atoms with Gasteiger partial charge in [0.1, 0.15) is 11.2 Å². The predicted octanol–water partition coefficient (Wildman–Crippen LogP) is 16.5. The summed E-state index contributed by atoms with van der Waals surface area (Å²) in [4.78, 5) is 2.39. The lowest BCUT2D eigenvalue weighted by Gasteiger charge is -2.29. The number of benzene rings is 10. The van der Waals surface area contributed by atoms with Gasteiger partial charge >= 0.3 is 0 Å². The molecule has 0 aliphatic carbocycles. The molecule has 0 N–H and O–H groups in total. The molecule has 0 fully saturated rings. The fourth-order valence-electron chi connectivity index (χ4n) is 8.74. The molecular weight excluding hydrogens is 727 g/mol. The van der Waals surface area contributed by atoms with Crippen LogP contribution in [0.3, 0.4) is 0 Å². The number of nitrogens with zero attached hydrogens (tertiary/aromatic N) is 1. The molecule has 0 aliphatic heterocycles. The average Bonchev–Trinajstić information content (AvgIpc) is 3.70. The van der Waals surface area contributed by atoms with Crippen LogP contribution < -0.4 is 4.90 Å². The van der Waals surface area contributed by atoms with Gasteiger partial charge in [-0.25, -0.2) is 0 Å². The van der Waals surface area contributed by atoms with Gasteiger partial charge in [0.2, 0.25) is 0 Å². The summed E-state index contributed by atoms with van der Waals surface area (Å²) in [6, 6.07) is 85.0. The average molecular weight is 766 g/mol. The number of fused-ring (bicyclic) bond motifs is 4. The van der Waals surface area contributed by atoms with Gasteiger partial charge in [-0.15, -0.1) is 0 Å². The number of hydrogen-bond donors (Lipinski definition) is 0. The summed E-state index contributed by atoms with van der Waals surface area (Å²) in [7, 11) is 0. The number of rotatable bonds is 8. The van der Waals surface area contributed by atoms with E-state index in [2.05, 4.69) is 229 Å². The van der Waals surface area contributed by atoms with Crippen molar-refractivity contribution >= 4 is 49.8 Å². The zero-order valence-corrected chi connectivity index (χ0v) is 32.9. The van der Waals surface area contributed by atoms with E-state index < -0.39 is 0 Å². The highest BCUT2D eigenvalue weighted by Crippen LogP contribution is 2.46. The molecule has 0 saturated carbocycles. The summed E-state index contributed by atoms with van der Waals surface area (Å²) in [6.45, 7) is 0. The molecule has 0 radical (unpaired) electrons. The SMILES string of the molecule is c1ccc(-c2ccccc2-c2ccccc2-c2ccccc2N(c2ccc(-c3ccc(-c4ccc5ccccc5c4)cc3)cc2)c2ccc3oc4ccccc4c3c2)cc1. The second-order valence-electron chi connectivity index (χ2n) is 15.3. The monoisotopic (exact) mass is 765 g/mol. The van der Waals surface area contributed by atoms with E-state index in [1.807, 2.05) is 12.1 Å². The predicted molar refractivity (Wildman–Crippen MR) is 253 cm³/mol. The van der Waals surface area contributed by atoms with Crippen molar-refractivity contribution in [3.05, 3.63) is 237 Å². The molecular formula is C58H39NO. The molecule has 0 atom stereocenters. The van der Waals surface area contributed by atoms with Crippen molar-refractivity contribution in [1.82, 2.24) is 0 Å². The summed E-state index contributed by atoms with van der Waals surface area (Å²) in [6.07, 6.45) is 0. The normalized spacial score (nSPS) is 11.3. The molecule has 0 amide bonds. The minimum Gasteiger partial charge on any atom is -0.456 e. The van der Waals surface area contributed by atoms with Crippen LogP contribution in [-0.4, -0.2) is 0 Å². The fourth-order valence-corrected chi connectivity index (χ4v) is 8.74. The molecule has 60 heavy (non-hydrogen) atoms. The Labute approximate surface area is 349 Å². The highest BCUT2D eigenvalue weighted by molar-refractivity contribution is 6.07. The van der Waals surface area contributed by atoms with E-state index in [0.717, 1.165) is 50.1 Å². The minimum absolute atomic E-state index is 0.874. The maximum Gasteiger partial charge on any atom is 0.135 e. The van der Waals surface area contributed by atoms with Crippen LogP contribution in [0.25, 0.3) is 88.3 Å². The van der Waals surface area contributed by atoms with E-state index in [-0.39, 0.29) is 0 Å². The van der Waals surface area contributed by atoms with E-state index in [1.54, 1.807) is 0 Å². The van der Waals surface area contributed by atoms with Gasteiger partial charge in [0.15, 0.2) is 0 Å². The maximum absolute atomic E-state index is 6.31. The summed E-state index contributed by atoms with van der Waals surface area (Å²) in [5.74, 6) is 0. The first-order chi connectivity index (χ1) is 29.7.